The van der Waals surface area contributed by atoms with Crippen molar-refractivity contribution in [3.8, 4) is 0 Å². The minimum absolute atomic E-state index is 0. The van der Waals surface area contributed by atoms with Gasteiger partial charge in [-0.15, -0.1) is 12.4 Å². The lowest BCUT2D eigenvalue weighted by molar-refractivity contribution is 0.447. The van der Waals surface area contributed by atoms with E-state index in [0.717, 1.165) is 45.3 Å². The first-order valence-electron chi connectivity index (χ1n) is 9.48. The molecule has 0 saturated carbocycles. The number of nitrogens with zero attached hydrogens (tertiary/aromatic N) is 3. The Morgan fingerprint density at radius 2 is 2.00 bits per heavy atom. The monoisotopic (exact) mass is 424 g/mol. The molecule has 1 aromatic heterocycles. The summed E-state index contributed by atoms with van der Waals surface area (Å²) in [6.45, 7) is 2.55. The number of aromatic nitrogens is 2. The number of benzene rings is 1. The molecule has 1 aliphatic heterocycles. The third kappa shape index (κ3) is 5.90. The van der Waals surface area contributed by atoms with Crippen LogP contribution in [-0.2, 0) is 16.3 Å². The molecule has 154 valence electrons. The van der Waals surface area contributed by atoms with Gasteiger partial charge in [0.25, 0.3) is 0 Å². The summed E-state index contributed by atoms with van der Waals surface area (Å²) in [7, 11) is -1.39. The van der Waals surface area contributed by atoms with Gasteiger partial charge in [0.1, 0.15) is 4.90 Å². The molecule has 28 heavy (non-hydrogen) atoms. The molecule has 2 aromatic rings. The lowest BCUT2D eigenvalue weighted by Gasteiger charge is -2.25. The van der Waals surface area contributed by atoms with Crippen LogP contribution in [0.1, 0.15) is 36.4 Å². The summed E-state index contributed by atoms with van der Waals surface area (Å²) in [5.41, 5.74) is 1.97. The zero-order valence-corrected chi connectivity index (χ0v) is 18.1. The Hall–Kier alpha value is -1.70. The molecule has 1 aromatic carbocycles. The van der Waals surface area contributed by atoms with Gasteiger partial charge in [-0.3, -0.25) is 0 Å². The van der Waals surface area contributed by atoms with Gasteiger partial charge in [0, 0.05) is 32.3 Å². The molecule has 1 aliphatic rings. The molecule has 1 atom stereocenters. The summed E-state index contributed by atoms with van der Waals surface area (Å²) in [5.74, 6) is 0.707. The second-order valence-corrected chi connectivity index (χ2v) is 9.23. The third-order valence-corrected chi connectivity index (χ3v) is 6.11. The van der Waals surface area contributed by atoms with E-state index in [1.54, 1.807) is 0 Å². The van der Waals surface area contributed by atoms with Crippen LogP contribution in [0.15, 0.2) is 41.4 Å². The standard InChI is InChI=1S/C20H28N4O2S.ClH/c1-24(13-7-10-16-8-4-3-5-9-16)20-22-15-18(27(2,25)26)19(23-20)17-11-6-12-21-14-17;/h3-5,8-9,15,17,21H,6-7,10-14H2,1-2H3;1H. The van der Waals surface area contributed by atoms with Gasteiger partial charge in [0.05, 0.1) is 11.9 Å². The normalized spacial score (nSPS) is 17.0. The predicted molar refractivity (Wildman–Crippen MR) is 115 cm³/mol. The lowest BCUT2D eigenvalue weighted by atomic mass is 9.96. The molecular weight excluding hydrogens is 396 g/mol. The Morgan fingerprint density at radius 1 is 1.25 bits per heavy atom. The topological polar surface area (TPSA) is 75.2 Å². The SMILES string of the molecule is CN(CCCc1ccccc1)c1ncc(S(C)(=O)=O)c(C2CCCNC2)n1.Cl. The fraction of sp³-hybridized carbons (Fsp3) is 0.500. The second-order valence-electron chi connectivity index (χ2n) is 7.25. The largest absolute Gasteiger partial charge is 0.344 e. The van der Waals surface area contributed by atoms with Crippen molar-refractivity contribution in [2.75, 3.05) is 37.8 Å². The van der Waals surface area contributed by atoms with Gasteiger partial charge < -0.3 is 10.2 Å². The molecule has 0 bridgehead atoms. The van der Waals surface area contributed by atoms with Crippen LogP contribution in [0, 0.1) is 0 Å². The minimum Gasteiger partial charge on any atom is -0.344 e. The van der Waals surface area contributed by atoms with Gasteiger partial charge in [-0.2, -0.15) is 0 Å². The number of rotatable bonds is 7. The van der Waals surface area contributed by atoms with Crippen molar-refractivity contribution in [2.45, 2.75) is 36.5 Å². The fourth-order valence-corrected chi connectivity index (χ4v) is 4.32. The molecule has 1 unspecified atom stereocenters. The van der Waals surface area contributed by atoms with Crippen LogP contribution < -0.4 is 10.2 Å². The average molecular weight is 425 g/mol. The Bertz CT molecular complexity index is 856. The molecule has 1 fully saturated rings. The van der Waals surface area contributed by atoms with Gasteiger partial charge in [-0.05, 0) is 37.8 Å². The van der Waals surface area contributed by atoms with Crippen LogP contribution >= 0.6 is 12.4 Å². The molecule has 0 amide bonds. The summed E-state index contributed by atoms with van der Waals surface area (Å²) >= 11 is 0. The number of hydrogen-bond acceptors (Lipinski definition) is 6. The maximum absolute atomic E-state index is 12.2. The maximum Gasteiger partial charge on any atom is 0.225 e. The first kappa shape index (κ1) is 22.6. The number of sulfone groups is 1. The first-order valence-corrected chi connectivity index (χ1v) is 11.4. The van der Waals surface area contributed by atoms with Crippen LogP contribution in [0.25, 0.3) is 0 Å². The molecule has 6 nitrogen and oxygen atoms in total. The van der Waals surface area contributed by atoms with Crippen LogP contribution in [0.3, 0.4) is 0 Å². The van der Waals surface area contributed by atoms with Crippen molar-refractivity contribution in [3.63, 3.8) is 0 Å². The number of halogens is 1. The van der Waals surface area contributed by atoms with Crippen LogP contribution in [0.2, 0.25) is 0 Å². The van der Waals surface area contributed by atoms with E-state index in [4.69, 9.17) is 0 Å². The van der Waals surface area contributed by atoms with Crippen molar-refractivity contribution in [1.82, 2.24) is 15.3 Å². The van der Waals surface area contributed by atoms with E-state index in [9.17, 15) is 8.42 Å². The van der Waals surface area contributed by atoms with Crippen LogP contribution in [0.4, 0.5) is 5.95 Å². The highest BCUT2D eigenvalue weighted by Gasteiger charge is 2.25. The molecule has 0 spiro atoms. The van der Waals surface area contributed by atoms with E-state index < -0.39 is 9.84 Å². The highest BCUT2D eigenvalue weighted by molar-refractivity contribution is 7.90. The Morgan fingerprint density at radius 3 is 2.64 bits per heavy atom. The van der Waals surface area contributed by atoms with E-state index in [1.807, 2.05) is 18.0 Å². The third-order valence-electron chi connectivity index (χ3n) is 5.00. The van der Waals surface area contributed by atoms with Gasteiger partial charge in [0.2, 0.25) is 5.95 Å². The molecule has 8 heteroatoms. The highest BCUT2D eigenvalue weighted by Crippen LogP contribution is 2.28. The van der Waals surface area contributed by atoms with Crippen molar-refractivity contribution in [2.24, 2.45) is 0 Å². The van der Waals surface area contributed by atoms with Gasteiger partial charge in [0.15, 0.2) is 9.84 Å². The number of nitrogens with one attached hydrogen (secondary N) is 1. The van der Waals surface area contributed by atoms with Crippen LogP contribution in [0.5, 0.6) is 0 Å². The average Bonchev–Trinajstić information content (AvgIpc) is 2.68. The van der Waals surface area contributed by atoms with Crippen molar-refractivity contribution in [1.29, 1.82) is 0 Å². The summed E-state index contributed by atoms with van der Waals surface area (Å²) < 4.78 is 24.4. The number of hydrogen-bond donors (Lipinski definition) is 1. The summed E-state index contributed by atoms with van der Waals surface area (Å²) in [4.78, 5) is 11.3. The number of aryl methyl sites for hydroxylation is 1. The van der Waals surface area contributed by atoms with E-state index in [-0.39, 0.29) is 23.2 Å². The van der Waals surface area contributed by atoms with Crippen LogP contribution in [-0.4, -0.2) is 51.3 Å². The van der Waals surface area contributed by atoms with E-state index in [2.05, 4.69) is 39.6 Å². The Kier molecular flexibility index (Phi) is 8.22. The molecule has 1 N–H and O–H groups in total. The summed E-state index contributed by atoms with van der Waals surface area (Å²) in [6.07, 6.45) is 6.66. The minimum atomic E-state index is -3.35. The number of piperidine rings is 1. The van der Waals surface area contributed by atoms with E-state index in [1.165, 1.54) is 18.0 Å². The molecule has 3 rings (SSSR count). The highest BCUT2D eigenvalue weighted by atomic mass is 35.5. The number of anilines is 1. The Balaban J connectivity index is 0.00000280. The van der Waals surface area contributed by atoms with Gasteiger partial charge >= 0.3 is 0 Å². The van der Waals surface area contributed by atoms with E-state index in [0.29, 0.717) is 11.6 Å². The smallest absolute Gasteiger partial charge is 0.225 e. The quantitative estimate of drug-likeness (QED) is 0.736. The first-order chi connectivity index (χ1) is 12.9. The van der Waals surface area contributed by atoms with Gasteiger partial charge in [-0.1, -0.05) is 30.3 Å². The second kappa shape index (κ2) is 10.2. The Labute approximate surface area is 174 Å². The van der Waals surface area contributed by atoms with Crippen molar-refractivity contribution < 1.29 is 8.42 Å². The molecular formula is C20H29ClN4O2S. The maximum atomic E-state index is 12.2. The molecule has 0 radical (unpaired) electrons. The zero-order valence-electron chi connectivity index (χ0n) is 16.5. The summed E-state index contributed by atoms with van der Waals surface area (Å²) in [6, 6.07) is 10.4. The molecule has 2 heterocycles. The predicted octanol–water partition coefficient (Wildman–Crippen LogP) is 2.84. The van der Waals surface area contributed by atoms with Crippen molar-refractivity contribution >= 4 is 28.2 Å². The van der Waals surface area contributed by atoms with Crippen molar-refractivity contribution in [3.05, 3.63) is 47.8 Å². The summed E-state index contributed by atoms with van der Waals surface area (Å²) in [5, 5.41) is 3.34. The van der Waals surface area contributed by atoms with Gasteiger partial charge in [-0.25, -0.2) is 18.4 Å². The van der Waals surface area contributed by atoms with E-state index >= 15 is 0 Å². The molecule has 1 saturated heterocycles. The molecule has 0 aliphatic carbocycles. The fourth-order valence-electron chi connectivity index (χ4n) is 3.49. The lowest BCUT2D eigenvalue weighted by Crippen LogP contribution is -2.30. The zero-order chi connectivity index (χ0) is 19.3.